The summed E-state index contributed by atoms with van der Waals surface area (Å²) in [4.78, 5) is 28.2. The molecular formula is C31H32N10O. The molecule has 2 aliphatic rings. The third kappa shape index (κ3) is 4.43. The highest BCUT2D eigenvalue weighted by atomic mass is 16.2. The van der Waals surface area contributed by atoms with Gasteiger partial charge in [0, 0.05) is 63.5 Å². The van der Waals surface area contributed by atoms with Gasteiger partial charge in [0.2, 0.25) is 5.91 Å². The molecule has 0 bridgehead atoms. The number of piperazine rings is 1. The number of fused-ring (bicyclic) bond motifs is 2. The molecule has 2 N–H and O–H groups in total. The molecule has 0 radical (unpaired) electrons. The van der Waals surface area contributed by atoms with Crippen molar-refractivity contribution in [1.29, 1.82) is 0 Å². The third-order valence-electron chi connectivity index (χ3n) is 8.38. The predicted octanol–water partition coefficient (Wildman–Crippen LogP) is 3.41. The van der Waals surface area contributed by atoms with Crippen LogP contribution < -0.4 is 5.73 Å². The minimum Gasteiger partial charge on any atom is -0.383 e. The monoisotopic (exact) mass is 560 g/mol. The van der Waals surface area contributed by atoms with E-state index < -0.39 is 0 Å². The zero-order valence-electron chi connectivity index (χ0n) is 23.5. The first-order chi connectivity index (χ1) is 20.5. The number of pyridine rings is 2. The standard InChI is InChI=1S/C31H32N10O/c1-3-28(42)38-16-18-39(19-17-38)37(2)26-11-7-21-20-22(8-9-23(21)26)41-30(24-6-4-13-33-29(24)32)35-25-10-12-27(36-31(25)41)40-15-5-14-34-40/h3-6,8-10,12-15,20,26H,1,7,11,16-19H2,2H3,(H2,32,33). The van der Waals surface area contributed by atoms with E-state index in [1.165, 1.54) is 17.2 Å². The van der Waals surface area contributed by atoms with Crippen LogP contribution >= 0.6 is 0 Å². The van der Waals surface area contributed by atoms with E-state index in [-0.39, 0.29) is 11.9 Å². The molecule has 7 rings (SSSR count). The molecule has 4 aromatic heterocycles. The Kier molecular flexibility index (Phi) is 6.52. The Morgan fingerprint density at radius 1 is 1.07 bits per heavy atom. The quantitative estimate of drug-likeness (QED) is 0.314. The second-order valence-corrected chi connectivity index (χ2v) is 10.7. The van der Waals surface area contributed by atoms with Gasteiger partial charge < -0.3 is 10.6 Å². The minimum atomic E-state index is 0.00159. The maximum atomic E-state index is 12.0. The van der Waals surface area contributed by atoms with Crippen molar-refractivity contribution < 1.29 is 4.79 Å². The van der Waals surface area contributed by atoms with Crippen molar-refractivity contribution in [1.82, 2.24) is 44.2 Å². The summed E-state index contributed by atoms with van der Waals surface area (Å²) in [6, 6.07) is 16.5. The summed E-state index contributed by atoms with van der Waals surface area (Å²) in [5, 5.41) is 9.07. The van der Waals surface area contributed by atoms with Crippen LogP contribution in [0.3, 0.4) is 0 Å². The van der Waals surface area contributed by atoms with E-state index in [1.54, 1.807) is 17.1 Å². The summed E-state index contributed by atoms with van der Waals surface area (Å²) in [5.41, 5.74) is 12.2. The fourth-order valence-corrected chi connectivity index (χ4v) is 6.18. The summed E-state index contributed by atoms with van der Waals surface area (Å²) >= 11 is 0. The highest BCUT2D eigenvalue weighted by Crippen LogP contribution is 2.38. The van der Waals surface area contributed by atoms with Gasteiger partial charge in [-0.3, -0.25) is 9.36 Å². The molecule has 1 saturated heterocycles. The molecule has 212 valence electrons. The topological polar surface area (TPSA) is 114 Å². The van der Waals surface area contributed by atoms with Crippen molar-refractivity contribution >= 4 is 22.9 Å². The number of rotatable bonds is 6. The number of carbonyl (C=O) groups is 1. The number of nitrogen functional groups attached to an aromatic ring is 1. The van der Waals surface area contributed by atoms with Gasteiger partial charge in [0.25, 0.3) is 0 Å². The van der Waals surface area contributed by atoms with Gasteiger partial charge in [-0.05, 0) is 72.5 Å². The lowest BCUT2D eigenvalue weighted by Gasteiger charge is -2.42. The van der Waals surface area contributed by atoms with Gasteiger partial charge >= 0.3 is 0 Å². The van der Waals surface area contributed by atoms with E-state index in [2.05, 4.69) is 56.5 Å². The molecule has 0 spiro atoms. The molecule has 1 aliphatic carbocycles. The average molecular weight is 561 g/mol. The molecule has 1 aromatic carbocycles. The summed E-state index contributed by atoms with van der Waals surface area (Å²) in [7, 11) is 2.16. The van der Waals surface area contributed by atoms with Crippen LogP contribution in [0.1, 0.15) is 23.6 Å². The van der Waals surface area contributed by atoms with Gasteiger partial charge in [-0.1, -0.05) is 12.6 Å². The number of carbonyl (C=O) groups excluding carboxylic acids is 1. The van der Waals surface area contributed by atoms with Crippen LogP contribution in [0, 0.1) is 0 Å². The van der Waals surface area contributed by atoms with E-state index >= 15 is 0 Å². The highest BCUT2D eigenvalue weighted by Gasteiger charge is 2.32. The Morgan fingerprint density at radius 3 is 2.69 bits per heavy atom. The van der Waals surface area contributed by atoms with E-state index in [0.717, 1.165) is 48.3 Å². The predicted molar refractivity (Wildman–Crippen MR) is 161 cm³/mol. The summed E-state index contributed by atoms with van der Waals surface area (Å²) in [6.07, 6.45) is 8.68. The second kappa shape index (κ2) is 10.5. The summed E-state index contributed by atoms with van der Waals surface area (Å²) < 4.78 is 3.81. The van der Waals surface area contributed by atoms with Crippen LogP contribution in [-0.4, -0.2) is 83.4 Å². The second-order valence-electron chi connectivity index (χ2n) is 10.7. The molecule has 11 heteroatoms. The van der Waals surface area contributed by atoms with Crippen LogP contribution in [0.2, 0.25) is 0 Å². The van der Waals surface area contributed by atoms with Gasteiger partial charge in [-0.15, -0.1) is 0 Å². The maximum Gasteiger partial charge on any atom is 0.246 e. The number of benzene rings is 1. The first-order valence-electron chi connectivity index (χ1n) is 14.1. The molecule has 5 aromatic rings. The van der Waals surface area contributed by atoms with Crippen molar-refractivity contribution in [3.63, 3.8) is 0 Å². The lowest BCUT2D eigenvalue weighted by Crippen LogP contribution is -2.54. The molecular weight excluding hydrogens is 528 g/mol. The number of aromatic nitrogens is 6. The normalized spacial score (nSPS) is 17.2. The Labute approximate surface area is 243 Å². The minimum absolute atomic E-state index is 0.00159. The molecule has 5 heterocycles. The molecule has 1 fully saturated rings. The molecule has 11 nitrogen and oxygen atoms in total. The number of hydrogen-bond donors (Lipinski definition) is 1. The van der Waals surface area contributed by atoms with Crippen molar-refractivity contribution in [2.75, 3.05) is 39.0 Å². The van der Waals surface area contributed by atoms with Crippen LogP contribution in [0.25, 0.3) is 34.1 Å². The molecule has 42 heavy (non-hydrogen) atoms. The number of anilines is 1. The molecule has 0 saturated carbocycles. The first-order valence-corrected chi connectivity index (χ1v) is 14.1. The van der Waals surface area contributed by atoms with Gasteiger partial charge in [-0.2, -0.15) is 5.10 Å². The Hall–Kier alpha value is -4.87. The molecule has 1 unspecified atom stereocenters. The SMILES string of the molecule is C=CC(=O)N1CCN(N(C)C2CCc3cc(-n4c(-c5cccnc5N)nc5ccc(-n6cccn6)nc54)ccc32)CC1. The molecule has 1 amide bonds. The summed E-state index contributed by atoms with van der Waals surface area (Å²) in [6.45, 7) is 6.65. The fourth-order valence-electron chi connectivity index (χ4n) is 6.18. The number of hydrazine groups is 1. The van der Waals surface area contributed by atoms with Gasteiger partial charge in [0.05, 0.1) is 5.56 Å². The Bertz CT molecular complexity index is 1790. The Balaban J connectivity index is 1.25. The lowest BCUT2D eigenvalue weighted by atomic mass is 10.1. The fraction of sp³-hybridized carbons (Fsp3) is 0.258. The number of nitrogens with zero attached hydrogens (tertiary/aromatic N) is 9. The van der Waals surface area contributed by atoms with Gasteiger partial charge in [0.15, 0.2) is 17.3 Å². The number of imidazole rings is 1. The maximum absolute atomic E-state index is 12.0. The zero-order chi connectivity index (χ0) is 28.8. The molecule has 1 atom stereocenters. The summed E-state index contributed by atoms with van der Waals surface area (Å²) in [5.74, 6) is 1.82. The van der Waals surface area contributed by atoms with E-state index in [4.69, 9.17) is 15.7 Å². The van der Waals surface area contributed by atoms with Crippen LogP contribution in [0.4, 0.5) is 5.82 Å². The number of nitrogens with two attached hydrogens (primary N) is 1. The van der Waals surface area contributed by atoms with Crippen molar-refractivity contribution in [2.24, 2.45) is 0 Å². The van der Waals surface area contributed by atoms with Crippen molar-refractivity contribution in [2.45, 2.75) is 18.9 Å². The zero-order valence-corrected chi connectivity index (χ0v) is 23.5. The van der Waals surface area contributed by atoms with E-state index in [0.29, 0.717) is 30.5 Å². The lowest BCUT2D eigenvalue weighted by molar-refractivity contribution is -0.132. The smallest absolute Gasteiger partial charge is 0.246 e. The highest BCUT2D eigenvalue weighted by molar-refractivity contribution is 5.87. The van der Waals surface area contributed by atoms with E-state index in [9.17, 15) is 4.79 Å². The number of aryl methyl sites for hydroxylation is 1. The van der Waals surface area contributed by atoms with Gasteiger partial charge in [0.1, 0.15) is 11.3 Å². The largest absolute Gasteiger partial charge is 0.383 e. The first kappa shape index (κ1) is 26.1. The molecule has 1 aliphatic heterocycles. The van der Waals surface area contributed by atoms with Crippen LogP contribution in [0.15, 0.2) is 79.8 Å². The Morgan fingerprint density at radius 2 is 1.93 bits per heavy atom. The average Bonchev–Trinajstić information content (AvgIpc) is 3.79. The number of hydrogen-bond acceptors (Lipinski definition) is 8. The van der Waals surface area contributed by atoms with Crippen molar-refractivity contribution in [3.05, 3.63) is 90.9 Å². The van der Waals surface area contributed by atoms with Gasteiger partial charge in [-0.25, -0.2) is 29.7 Å². The van der Waals surface area contributed by atoms with Crippen molar-refractivity contribution in [3.8, 4) is 22.9 Å². The van der Waals surface area contributed by atoms with E-state index in [1.807, 2.05) is 41.4 Å². The number of amides is 1. The third-order valence-corrected chi connectivity index (χ3v) is 8.38. The van der Waals surface area contributed by atoms with Crippen LogP contribution in [0.5, 0.6) is 0 Å². The van der Waals surface area contributed by atoms with Crippen LogP contribution in [-0.2, 0) is 11.2 Å².